The van der Waals surface area contributed by atoms with Crippen molar-refractivity contribution >= 4 is 0 Å². The number of rotatable bonds is 5. The molecule has 13 heavy (non-hydrogen) atoms. The Morgan fingerprint density at radius 2 is 2.00 bits per heavy atom. The summed E-state index contributed by atoms with van der Waals surface area (Å²) in [6.07, 6.45) is 8.57. The summed E-state index contributed by atoms with van der Waals surface area (Å²) in [5, 5.41) is 0. The highest BCUT2D eigenvalue weighted by atomic mass is 15.2. The van der Waals surface area contributed by atoms with Crippen LogP contribution < -0.4 is 0 Å². The molecule has 1 aliphatic heterocycles. The Hall–Kier alpha value is -0.760. The highest BCUT2D eigenvalue weighted by Crippen LogP contribution is 1.98. The van der Waals surface area contributed by atoms with Crippen molar-refractivity contribution in [1.29, 1.82) is 0 Å². The fourth-order valence-corrected chi connectivity index (χ4v) is 1.48. The Balaban J connectivity index is 2.18. The van der Waals surface area contributed by atoms with E-state index in [1.165, 1.54) is 6.54 Å². The molecule has 1 heterocycles. The molecule has 0 atom stereocenters. The minimum atomic E-state index is 1.07. The van der Waals surface area contributed by atoms with Crippen LogP contribution in [0.15, 0.2) is 24.4 Å². The second kappa shape index (κ2) is 5.81. The molecule has 0 N–H and O–H groups in total. The first-order chi connectivity index (χ1) is 6.36. The van der Waals surface area contributed by atoms with Crippen LogP contribution in [0.2, 0.25) is 0 Å². The average Bonchev–Trinajstić information content (AvgIpc) is 2.21. The number of nitrogens with zero attached hydrogens (tertiary/aromatic N) is 2. The molecule has 1 rings (SSSR count). The molecule has 0 radical (unpaired) electrons. The molecule has 0 aromatic heterocycles. The number of allylic oxidation sites excluding steroid dienone is 2. The number of hydrogen-bond donors (Lipinski definition) is 0. The second-order valence-electron chi connectivity index (χ2n) is 3.29. The fraction of sp³-hybridized carbons (Fsp3) is 0.636. The normalized spacial score (nSPS) is 15.8. The Bertz CT molecular complexity index is 181. The van der Waals surface area contributed by atoms with Gasteiger partial charge in [0.15, 0.2) is 0 Å². The summed E-state index contributed by atoms with van der Waals surface area (Å²) in [6.45, 7) is 10.1. The molecule has 0 saturated carbocycles. The van der Waals surface area contributed by atoms with E-state index in [1.54, 1.807) is 0 Å². The van der Waals surface area contributed by atoms with Crippen molar-refractivity contribution in [3.63, 3.8) is 0 Å². The van der Waals surface area contributed by atoms with Crippen molar-refractivity contribution in [3.8, 4) is 0 Å². The Labute approximate surface area is 81.5 Å². The van der Waals surface area contributed by atoms with Gasteiger partial charge in [-0.05, 0) is 25.4 Å². The van der Waals surface area contributed by atoms with Gasteiger partial charge in [-0.3, -0.25) is 0 Å². The molecule has 2 nitrogen and oxygen atoms in total. The summed E-state index contributed by atoms with van der Waals surface area (Å²) in [4.78, 5) is 4.80. The first-order valence-electron chi connectivity index (χ1n) is 5.16. The summed E-state index contributed by atoms with van der Waals surface area (Å²) in [5.41, 5.74) is 0. The van der Waals surface area contributed by atoms with Gasteiger partial charge in [0.2, 0.25) is 0 Å². The van der Waals surface area contributed by atoms with Gasteiger partial charge in [0.1, 0.15) is 0 Å². The van der Waals surface area contributed by atoms with Crippen LogP contribution in [0, 0.1) is 0 Å². The van der Waals surface area contributed by atoms with Gasteiger partial charge in [-0.15, -0.1) is 0 Å². The van der Waals surface area contributed by atoms with Crippen LogP contribution in [-0.2, 0) is 0 Å². The maximum Gasteiger partial charge on any atom is 0.0357 e. The van der Waals surface area contributed by atoms with E-state index in [4.69, 9.17) is 0 Å². The third-order valence-electron chi connectivity index (χ3n) is 2.48. The van der Waals surface area contributed by atoms with E-state index in [2.05, 4.69) is 48.1 Å². The van der Waals surface area contributed by atoms with Crippen molar-refractivity contribution in [2.75, 3.05) is 32.7 Å². The molecular formula is C11H20N2. The smallest absolute Gasteiger partial charge is 0.0357 e. The highest BCUT2D eigenvalue weighted by molar-refractivity contribution is 5.08. The van der Waals surface area contributed by atoms with Gasteiger partial charge in [-0.25, -0.2) is 0 Å². The van der Waals surface area contributed by atoms with E-state index in [9.17, 15) is 0 Å². The predicted molar refractivity (Wildman–Crippen MR) is 57.6 cm³/mol. The Kier molecular flexibility index (Phi) is 4.61. The standard InChI is InChI=1S/C11H20N2/c1-3-12(4-2)10-11-13-8-6-5-7-9-13/h5-8H,3-4,9-11H2,1-2H3. The second-order valence-corrected chi connectivity index (χ2v) is 3.29. The first-order valence-corrected chi connectivity index (χ1v) is 5.16. The van der Waals surface area contributed by atoms with Crippen LogP contribution in [0.5, 0.6) is 0 Å². The molecule has 0 saturated heterocycles. The minimum Gasteiger partial charge on any atom is -0.372 e. The van der Waals surface area contributed by atoms with Gasteiger partial charge in [-0.2, -0.15) is 0 Å². The number of hydrogen-bond acceptors (Lipinski definition) is 2. The maximum atomic E-state index is 2.45. The molecule has 0 fully saturated rings. The molecule has 0 aromatic rings. The zero-order valence-electron chi connectivity index (χ0n) is 8.74. The van der Waals surface area contributed by atoms with Crippen molar-refractivity contribution in [2.24, 2.45) is 0 Å². The first kappa shape index (κ1) is 10.3. The van der Waals surface area contributed by atoms with Crippen LogP contribution in [0.1, 0.15) is 13.8 Å². The van der Waals surface area contributed by atoms with E-state index >= 15 is 0 Å². The van der Waals surface area contributed by atoms with E-state index in [-0.39, 0.29) is 0 Å². The molecule has 0 amide bonds. The maximum absolute atomic E-state index is 2.45. The van der Waals surface area contributed by atoms with Crippen LogP contribution >= 0.6 is 0 Å². The van der Waals surface area contributed by atoms with Crippen molar-refractivity contribution < 1.29 is 0 Å². The van der Waals surface area contributed by atoms with Gasteiger partial charge in [0.25, 0.3) is 0 Å². The van der Waals surface area contributed by atoms with Gasteiger partial charge in [0.05, 0.1) is 0 Å². The van der Waals surface area contributed by atoms with E-state index in [0.717, 1.165) is 26.2 Å². The van der Waals surface area contributed by atoms with Crippen LogP contribution in [0.25, 0.3) is 0 Å². The zero-order chi connectivity index (χ0) is 9.52. The van der Waals surface area contributed by atoms with Crippen LogP contribution in [0.3, 0.4) is 0 Å². The van der Waals surface area contributed by atoms with Gasteiger partial charge in [-0.1, -0.05) is 26.0 Å². The summed E-state index contributed by atoms with van der Waals surface area (Å²) in [7, 11) is 0. The monoisotopic (exact) mass is 180 g/mol. The molecule has 0 spiro atoms. The summed E-state index contributed by atoms with van der Waals surface area (Å²) < 4.78 is 0. The Morgan fingerprint density at radius 1 is 1.23 bits per heavy atom. The zero-order valence-corrected chi connectivity index (χ0v) is 8.74. The quantitative estimate of drug-likeness (QED) is 0.635. The molecule has 0 bridgehead atoms. The van der Waals surface area contributed by atoms with Gasteiger partial charge >= 0.3 is 0 Å². The average molecular weight is 180 g/mol. The fourth-order valence-electron chi connectivity index (χ4n) is 1.48. The summed E-state index contributed by atoms with van der Waals surface area (Å²) >= 11 is 0. The summed E-state index contributed by atoms with van der Waals surface area (Å²) in [6, 6.07) is 0. The third kappa shape index (κ3) is 3.64. The van der Waals surface area contributed by atoms with Gasteiger partial charge in [0, 0.05) is 19.6 Å². The Morgan fingerprint density at radius 3 is 2.54 bits per heavy atom. The molecule has 2 heteroatoms. The minimum absolute atomic E-state index is 1.07. The third-order valence-corrected chi connectivity index (χ3v) is 2.48. The van der Waals surface area contributed by atoms with Crippen LogP contribution in [-0.4, -0.2) is 42.5 Å². The lowest BCUT2D eigenvalue weighted by Gasteiger charge is -2.25. The van der Waals surface area contributed by atoms with E-state index in [1.807, 2.05) is 0 Å². The highest BCUT2D eigenvalue weighted by Gasteiger charge is 2.02. The van der Waals surface area contributed by atoms with Crippen molar-refractivity contribution in [3.05, 3.63) is 24.4 Å². The molecule has 1 aliphatic rings. The van der Waals surface area contributed by atoms with E-state index < -0.39 is 0 Å². The molecule has 0 aliphatic carbocycles. The number of likely N-dealkylation sites (N-methyl/N-ethyl adjacent to an activating group) is 1. The lowest BCUT2D eigenvalue weighted by Crippen LogP contribution is -2.33. The predicted octanol–water partition coefficient (Wildman–Crippen LogP) is 1.71. The van der Waals surface area contributed by atoms with Crippen molar-refractivity contribution in [1.82, 2.24) is 9.80 Å². The largest absolute Gasteiger partial charge is 0.372 e. The molecular weight excluding hydrogens is 160 g/mol. The summed E-state index contributed by atoms with van der Waals surface area (Å²) in [5.74, 6) is 0. The van der Waals surface area contributed by atoms with Crippen LogP contribution in [0.4, 0.5) is 0 Å². The molecule has 74 valence electrons. The van der Waals surface area contributed by atoms with Crippen molar-refractivity contribution in [2.45, 2.75) is 13.8 Å². The molecule has 0 unspecified atom stereocenters. The van der Waals surface area contributed by atoms with Gasteiger partial charge < -0.3 is 9.80 Å². The molecule has 0 aromatic carbocycles. The lowest BCUT2D eigenvalue weighted by molar-refractivity contribution is 0.263. The lowest BCUT2D eigenvalue weighted by atomic mass is 10.3. The topological polar surface area (TPSA) is 6.48 Å². The SMILES string of the molecule is CCN(CC)CCN1C=CC=CC1. The van der Waals surface area contributed by atoms with E-state index in [0.29, 0.717) is 0 Å².